The number of benzene rings is 1. The molecule has 160 valence electrons. The highest BCUT2D eigenvalue weighted by Gasteiger charge is 2.04. The number of nitrogens with one attached hydrogen (secondary N) is 2. The first-order chi connectivity index (χ1) is 14.3. The number of carbonyl (C=O) groups is 1. The Balaban J connectivity index is 1.41. The smallest absolute Gasteiger partial charge is 0.220 e. The highest BCUT2D eigenvalue weighted by Crippen LogP contribution is 2.17. The molecule has 0 radical (unpaired) electrons. The average Bonchev–Trinajstić information content (AvgIpc) is 3.15. The summed E-state index contributed by atoms with van der Waals surface area (Å²) in [6, 6.07) is 8.31. The van der Waals surface area contributed by atoms with Gasteiger partial charge in [-0.2, -0.15) is 0 Å². The second-order valence-corrected chi connectivity index (χ2v) is 8.09. The van der Waals surface area contributed by atoms with Crippen molar-refractivity contribution in [3.63, 3.8) is 0 Å². The first-order valence-electron chi connectivity index (χ1n) is 11.8. The number of carbonyl (C=O) groups excluding carboxylic acids is 1. The van der Waals surface area contributed by atoms with E-state index in [0.29, 0.717) is 13.0 Å². The standard InChI is InChI=1S/C26H40N2O/c1-2-3-4-5-6-7-8-9-10-11-12-13-14-19-26(29)27-21-20-23-22-28-25-18-16-15-17-24(23)25/h7-8,15-18,22,28H,2-6,9-14,19-21H2,1H3,(H,27,29)/b8-7-. The molecule has 29 heavy (non-hydrogen) atoms. The van der Waals surface area contributed by atoms with Crippen molar-refractivity contribution in [1.82, 2.24) is 10.3 Å². The number of amides is 1. The summed E-state index contributed by atoms with van der Waals surface area (Å²) >= 11 is 0. The molecule has 2 rings (SSSR count). The summed E-state index contributed by atoms with van der Waals surface area (Å²) in [5, 5.41) is 4.32. The third kappa shape index (κ3) is 9.83. The number of aromatic nitrogens is 1. The minimum Gasteiger partial charge on any atom is -0.361 e. The van der Waals surface area contributed by atoms with Gasteiger partial charge in [0.05, 0.1) is 0 Å². The zero-order chi connectivity index (χ0) is 20.6. The number of rotatable bonds is 16. The quantitative estimate of drug-likeness (QED) is 0.231. The second-order valence-electron chi connectivity index (χ2n) is 8.09. The van der Waals surface area contributed by atoms with Gasteiger partial charge in [0.1, 0.15) is 0 Å². The van der Waals surface area contributed by atoms with Crippen molar-refractivity contribution in [2.75, 3.05) is 6.54 Å². The van der Waals surface area contributed by atoms with Crippen LogP contribution in [0.5, 0.6) is 0 Å². The van der Waals surface area contributed by atoms with E-state index in [0.717, 1.165) is 24.8 Å². The van der Waals surface area contributed by atoms with Crippen molar-refractivity contribution < 1.29 is 4.79 Å². The number of hydrogen-bond acceptors (Lipinski definition) is 1. The van der Waals surface area contributed by atoms with E-state index in [1.807, 2.05) is 6.07 Å². The molecular formula is C26H40N2O. The molecular weight excluding hydrogens is 356 g/mol. The van der Waals surface area contributed by atoms with Crippen LogP contribution < -0.4 is 5.32 Å². The minimum atomic E-state index is 0.191. The Kier molecular flexibility index (Phi) is 11.9. The fourth-order valence-electron chi connectivity index (χ4n) is 3.77. The van der Waals surface area contributed by atoms with E-state index < -0.39 is 0 Å². The van der Waals surface area contributed by atoms with Gasteiger partial charge in [0.15, 0.2) is 0 Å². The molecule has 0 aliphatic rings. The summed E-state index contributed by atoms with van der Waals surface area (Å²) in [4.78, 5) is 15.3. The van der Waals surface area contributed by atoms with Gasteiger partial charge < -0.3 is 10.3 Å². The maximum Gasteiger partial charge on any atom is 0.220 e. The summed E-state index contributed by atoms with van der Waals surface area (Å²) < 4.78 is 0. The Morgan fingerprint density at radius 2 is 1.62 bits per heavy atom. The van der Waals surface area contributed by atoms with Crippen LogP contribution in [0.2, 0.25) is 0 Å². The lowest BCUT2D eigenvalue weighted by Gasteiger charge is -2.05. The Morgan fingerprint density at radius 1 is 0.931 bits per heavy atom. The first kappa shape index (κ1) is 23.3. The lowest BCUT2D eigenvalue weighted by molar-refractivity contribution is -0.121. The average molecular weight is 397 g/mol. The van der Waals surface area contributed by atoms with Crippen LogP contribution in [0, 0.1) is 0 Å². The van der Waals surface area contributed by atoms with Gasteiger partial charge in [0.2, 0.25) is 5.91 Å². The monoisotopic (exact) mass is 396 g/mol. The first-order valence-corrected chi connectivity index (χ1v) is 11.8. The molecule has 1 aromatic heterocycles. The lowest BCUT2D eigenvalue weighted by atomic mass is 10.1. The summed E-state index contributed by atoms with van der Waals surface area (Å²) in [7, 11) is 0. The van der Waals surface area contributed by atoms with Crippen molar-refractivity contribution in [2.45, 2.75) is 90.4 Å². The van der Waals surface area contributed by atoms with Crippen molar-refractivity contribution in [3.8, 4) is 0 Å². The highest BCUT2D eigenvalue weighted by atomic mass is 16.1. The molecule has 0 spiro atoms. The van der Waals surface area contributed by atoms with Crippen molar-refractivity contribution >= 4 is 16.8 Å². The van der Waals surface area contributed by atoms with E-state index in [1.165, 1.54) is 68.7 Å². The number of fused-ring (bicyclic) bond motifs is 1. The molecule has 0 bridgehead atoms. The van der Waals surface area contributed by atoms with Crippen LogP contribution in [-0.2, 0) is 11.2 Å². The third-order valence-electron chi connectivity index (χ3n) is 5.56. The Bertz CT molecular complexity index is 716. The molecule has 0 fully saturated rings. The van der Waals surface area contributed by atoms with E-state index >= 15 is 0 Å². The van der Waals surface area contributed by atoms with Crippen LogP contribution in [0.1, 0.15) is 89.5 Å². The van der Waals surface area contributed by atoms with E-state index in [-0.39, 0.29) is 5.91 Å². The highest BCUT2D eigenvalue weighted by molar-refractivity contribution is 5.83. The fraction of sp³-hybridized carbons (Fsp3) is 0.577. The van der Waals surface area contributed by atoms with E-state index in [9.17, 15) is 4.79 Å². The van der Waals surface area contributed by atoms with E-state index in [4.69, 9.17) is 0 Å². The lowest BCUT2D eigenvalue weighted by Crippen LogP contribution is -2.25. The van der Waals surface area contributed by atoms with Crippen LogP contribution >= 0.6 is 0 Å². The molecule has 1 heterocycles. The van der Waals surface area contributed by atoms with Gasteiger partial charge in [0, 0.05) is 30.1 Å². The van der Waals surface area contributed by atoms with Gasteiger partial charge in [-0.15, -0.1) is 0 Å². The van der Waals surface area contributed by atoms with Gasteiger partial charge in [0.25, 0.3) is 0 Å². The zero-order valence-electron chi connectivity index (χ0n) is 18.3. The van der Waals surface area contributed by atoms with Gasteiger partial charge in [-0.1, -0.05) is 75.8 Å². The Labute approximate surface area is 177 Å². The van der Waals surface area contributed by atoms with Crippen molar-refractivity contribution in [3.05, 3.63) is 48.2 Å². The second kappa shape index (κ2) is 14.9. The normalized spacial score (nSPS) is 11.5. The zero-order valence-corrected chi connectivity index (χ0v) is 18.3. The Hall–Kier alpha value is -2.03. The largest absolute Gasteiger partial charge is 0.361 e. The number of hydrogen-bond donors (Lipinski definition) is 2. The number of allylic oxidation sites excluding steroid dienone is 2. The van der Waals surface area contributed by atoms with Crippen LogP contribution in [0.4, 0.5) is 0 Å². The van der Waals surface area contributed by atoms with Gasteiger partial charge in [-0.25, -0.2) is 0 Å². The molecule has 0 aliphatic carbocycles. The summed E-state index contributed by atoms with van der Waals surface area (Å²) in [6.07, 6.45) is 22.1. The summed E-state index contributed by atoms with van der Waals surface area (Å²) in [5.74, 6) is 0.191. The molecule has 0 unspecified atom stereocenters. The minimum absolute atomic E-state index is 0.191. The number of unbranched alkanes of at least 4 members (excludes halogenated alkanes) is 9. The van der Waals surface area contributed by atoms with Crippen LogP contribution in [0.25, 0.3) is 10.9 Å². The maximum absolute atomic E-state index is 12.0. The predicted molar refractivity (Wildman–Crippen MR) is 125 cm³/mol. The molecule has 2 aromatic rings. The van der Waals surface area contributed by atoms with Crippen LogP contribution in [-0.4, -0.2) is 17.4 Å². The summed E-state index contributed by atoms with van der Waals surface area (Å²) in [6.45, 7) is 2.97. The third-order valence-corrected chi connectivity index (χ3v) is 5.56. The summed E-state index contributed by atoms with van der Waals surface area (Å²) in [5.41, 5.74) is 2.44. The number of para-hydroxylation sites is 1. The fourth-order valence-corrected chi connectivity index (χ4v) is 3.77. The topological polar surface area (TPSA) is 44.9 Å². The van der Waals surface area contributed by atoms with Gasteiger partial charge in [-0.3, -0.25) is 4.79 Å². The molecule has 0 saturated heterocycles. The van der Waals surface area contributed by atoms with Gasteiger partial charge in [-0.05, 0) is 50.2 Å². The molecule has 0 aliphatic heterocycles. The number of aromatic amines is 1. The number of H-pyrrole nitrogens is 1. The predicted octanol–water partition coefficient (Wildman–Crippen LogP) is 7.08. The van der Waals surface area contributed by atoms with Crippen LogP contribution in [0.15, 0.2) is 42.6 Å². The Morgan fingerprint density at radius 3 is 2.41 bits per heavy atom. The van der Waals surface area contributed by atoms with Gasteiger partial charge >= 0.3 is 0 Å². The molecule has 1 aromatic carbocycles. The van der Waals surface area contributed by atoms with Crippen molar-refractivity contribution in [2.24, 2.45) is 0 Å². The van der Waals surface area contributed by atoms with Crippen LogP contribution in [0.3, 0.4) is 0 Å². The SMILES string of the molecule is CCCCCC/C=C\CCCCCCCC(=O)NCCc1c[nH]c2ccccc12. The van der Waals surface area contributed by atoms with E-state index in [1.54, 1.807) is 0 Å². The molecule has 0 atom stereocenters. The molecule has 3 heteroatoms. The molecule has 1 amide bonds. The molecule has 0 saturated carbocycles. The molecule has 3 nitrogen and oxygen atoms in total. The van der Waals surface area contributed by atoms with E-state index in [2.05, 4.69) is 53.8 Å². The molecule has 2 N–H and O–H groups in total. The van der Waals surface area contributed by atoms with Crippen molar-refractivity contribution in [1.29, 1.82) is 0 Å². The maximum atomic E-state index is 12.0.